The van der Waals surface area contributed by atoms with E-state index in [4.69, 9.17) is 0 Å². The first-order valence-corrected chi connectivity index (χ1v) is 7.60. The van der Waals surface area contributed by atoms with Gasteiger partial charge in [-0.1, -0.05) is 26.0 Å². The molecule has 0 heterocycles. The Morgan fingerprint density at radius 2 is 1.71 bits per heavy atom. The highest BCUT2D eigenvalue weighted by Crippen LogP contribution is 2.02. The van der Waals surface area contributed by atoms with E-state index in [-0.39, 0.29) is 5.82 Å². The van der Waals surface area contributed by atoms with Crippen molar-refractivity contribution in [2.24, 2.45) is 4.99 Å². The average molecular weight is 294 g/mol. The molecule has 0 saturated heterocycles. The van der Waals surface area contributed by atoms with E-state index in [0.717, 1.165) is 50.7 Å². The molecule has 0 fully saturated rings. The molecule has 0 aliphatic carbocycles. The van der Waals surface area contributed by atoms with Crippen molar-refractivity contribution in [1.82, 2.24) is 15.5 Å². The zero-order chi connectivity index (χ0) is 15.5. The fraction of sp³-hybridized carbons (Fsp3) is 0.562. The molecule has 0 bridgehead atoms. The van der Waals surface area contributed by atoms with Gasteiger partial charge in [0.2, 0.25) is 0 Å². The van der Waals surface area contributed by atoms with Gasteiger partial charge in [-0.25, -0.2) is 4.39 Å². The number of nitrogens with one attached hydrogen (secondary N) is 2. The Balaban J connectivity index is 2.23. The van der Waals surface area contributed by atoms with Crippen LogP contribution in [0, 0.1) is 5.82 Å². The van der Waals surface area contributed by atoms with Gasteiger partial charge in [-0.3, -0.25) is 4.99 Å². The Labute approximate surface area is 127 Å². The molecule has 1 rings (SSSR count). The van der Waals surface area contributed by atoms with Gasteiger partial charge < -0.3 is 15.5 Å². The Morgan fingerprint density at radius 3 is 2.29 bits per heavy atom. The Hall–Kier alpha value is -1.62. The lowest BCUT2D eigenvalue weighted by atomic mass is 10.1. The number of halogens is 1. The second-order valence-electron chi connectivity index (χ2n) is 4.83. The van der Waals surface area contributed by atoms with Crippen LogP contribution in [0.25, 0.3) is 0 Å². The van der Waals surface area contributed by atoms with E-state index in [9.17, 15) is 4.39 Å². The van der Waals surface area contributed by atoms with E-state index in [2.05, 4.69) is 34.4 Å². The van der Waals surface area contributed by atoms with Crippen LogP contribution in [0.4, 0.5) is 4.39 Å². The lowest BCUT2D eigenvalue weighted by Crippen LogP contribution is -2.42. The van der Waals surface area contributed by atoms with Gasteiger partial charge in [-0.15, -0.1) is 0 Å². The zero-order valence-corrected chi connectivity index (χ0v) is 13.3. The molecule has 0 spiro atoms. The topological polar surface area (TPSA) is 39.7 Å². The molecule has 0 aromatic heterocycles. The maximum Gasteiger partial charge on any atom is 0.191 e. The molecule has 118 valence electrons. The van der Waals surface area contributed by atoms with E-state index in [1.54, 1.807) is 7.05 Å². The molecule has 1 aromatic carbocycles. The van der Waals surface area contributed by atoms with Crippen molar-refractivity contribution in [2.45, 2.75) is 20.3 Å². The van der Waals surface area contributed by atoms with Crippen LogP contribution in [0.3, 0.4) is 0 Å². The number of hydrogen-bond acceptors (Lipinski definition) is 2. The molecular weight excluding hydrogens is 267 g/mol. The van der Waals surface area contributed by atoms with Crippen LogP contribution >= 0.6 is 0 Å². The first kappa shape index (κ1) is 17.4. The van der Waals surface area contributed by atoms with E-state index in [0.29, 0.717) is 0 Å². The highest BCUT2D eigenvalue weighted by atomic mass is 19.1. The molecule has 0 aliphatic rings. The van der Waals surface area contributed by atoms with Crippen LogP contribution in [-0.2, 0) is 6.42 Å². The number of benzene rings is 1. The van der Waals surface area contributed by atoms with Gasteiger partial charge in [0.15, 0.2) is 5.96 Å². The minimum atomic E-state index is -0.194. The lowest BCUT2D eigenvalue weighted by molar-refractivity contribution is 0.308. The maximum absolute atomic E-state index is 12.8. The van der Waals surface area contributed by atoms with E-state index in [1.807, 2.05) is 12.1 Å². The van der Waals surface area contributed by atoms with Crippen LogP contribution in [0.1, 0.15) is 19.4 Å². The second kappa shape index (κ2) is 10.2. The molecule has 21 heavy (non-hydrogen) atoms. The molecule has 0 radical (unpaired) electrons. The summed E-state index contributed by atoms with van der Waals surface area (Å²) < 4.78 is 12.8. The molecule has 0 unspecified atom stereocenters. The van der Waals surface area contributed by atoms with Crippen molar-refractivity contribution in [3.8, 4) is 0 Å². The number of rotatable bonds is 8. The predicted molar refractivity (Wildman–Crippen MR) is 87.3 cm³/mol. The maximum atomic E-state index is 12.8. The third-order valence-electron chi connectivity index (χ3n) is 3.46. The quantitative estimate of drug-likeness (QED) is 0.568. The third kappa shape index (κ3) is 7.09. The Kier molecular flexibility index (Phi) is 8.43. The summed E-state index contributed by atoms with van der Waals surface area (Å²) in [5.41, 5.74) is 1.11. The van der Waals surface area contributed by atoms with Crippen LogP contribution in [-0.4, -0.2) is 50.6 Å². The summed E-state index contributed by atoms with van der Waals surface area (Å²) in [5, 5.41) is 6.57. The van der Waals surface area contributed by atoms with Crippen molar-refractivity contribution in [1.29, 1.82) is 0 Å². The third-order valence-corrected chi connectivity index (χ3v) is 3.46. The summed E-state index contributed by atoms with van der Waals surface area (Å²) in [7, 11) is 1.77. The number of aliphatic imine (C=N–C) groups is 1. The summed E-state index contributed by atoms with van der Waals surface area (Å²) in [6.07, 6.45) is 0.844. The Morgan fingerprint density at radius 1 is 1.10 bits per heavy atom. The van der Waals surface area contributed by atoms with Crippen molar-refractivity contribution in [2.75, 3.05) is 39.8 Å². The summed E-state index contributed by atoms with van der Waals surface area (Å²) in [6.45, 7) is 9.11. The number of nitrogens with zero attached hydrogens (tertiary/aromatic N) is 2. The minimum Gasteiger partial charge on any atom is -0.356 e. The van der Waals surface area contributed by atoms with Crippen molar-refractivity contribution >= 4 is 5.96 Å². The van der Waals surface area contributed by atoms with E-state index >= 15 is 0 Å². The normalized spacial score (nSPS) is 11.8. The fourth-order valence-electron chi connectivity index (χ4n) is 2.07. The van der Waals surface area contributed by atoms with Crippen molar-refractivity contribution in [3.05, 3.63) is 35.6 Å². The highest BCUT2D eigenvalue weighted by molar-refractivity contribution is 5.79. The summed E-state index contributed by atoms with van der Waals surface area (Å²) in [6, 6.07) is 6.61. The summed E-state index contributed by atoms with van der Waals surface area (Å²) in [5.74, 6) is 0.616. The van der Waals surface area contributed by atoms with E-state index < -0.39 is 0 Å². The lowest BCUT2D eigenvalue weighted by Gasteiger charge is -2.19. The molecule has 0 amide bonds. The minimum absolute atomic E-state index is 0.194. The molecule has 2 N–H and O–H groups in total. The van der Waals surface area contributed by atoms with Gasteiger partial charge in [0.1, 0.15) is 5.82 Å². The molecule has 4 nitrogen and oxygen atoms in total. The number of guanidine groups is 1. The average Bonchev–Trinajstić information content (AvgIpc) is 2.51. The van der Waals surface area contributed by atoms with Crippen molar-refractivity contribution in [3.63, 3.8) is 0 Å². The first-order chi connectivity index (χ1) is 10.2. The fourth-order valence-corrected chi connectivity index (χ4v) is 2.07. The first-order valence-electron chi connectivity index (χ1n) is 7.60. The van der Waals surface area contributed by atoms with Crippen molar-refractivity contribution < 1.29 is 4.39 Å². The zero-order valence-electron chi connectivity index (χ0n) is 13.3. The van der Waals surface area contributed by atoms with Gasteiger partial charge in [0, 0.05) is 26.7 Å². The predicted octanol–water partition coefficient (Wildman–Crippen LogP) is 1.87. The van der Waals surface area contributed by atoms with Crippen LogP contribution in [0.2, 0.25) is 0 Å². The van der Waals surface area contributed by atoms with Gasteiger partial charge in [-0.2, -0.15) is 0 Å². The SMILES string of the molecule is CCN(CC)CCNC(=NC)NCCc1ccc(F)cc1. The summed E-state index contributed by atoms with van der Waals surface area (Å²) in [4.78, 5) is 6.56. The molecule has 5 heteroatoms. The van der Waals surface area contributed by atoms with Crippen LogP contribution < -0.4 is 10.6 Å². The van der Waals surface area contributed by atoms with Crippen LogP contribution in [0.15, 0.2) is 29.3 Å². The van der Waals surface area contributed by atoms with E-state index in [1.165, 1.54) is 12.1 Å². The second-order valence-corrected chi connectivity index (χ2v) is 4.83. The van der Waals surface area contributed by atoms with Crippen LogP contribution in [0.5, 0.6) is 0 Å². The van der Waals surface area contributed by atoms with Gasteiger partial charge in [-0.05, 0) is 37.2 Å². The molecule has 0 atom stereocenters. The molecule has 1 aromatic rings. The largest absolute Gasteiger partial charge is 0.356 e. The van der Waals surface area contributed by atoms with Gasteiger partial charge in [0.05, 0.1) is 0 Å². The number of likely N-dealkylation sites (N-methyl/N-ethyl adjacent to an activating group) is 1. The monoisotopic (exact) mass is 294 g/mol. The van der Waals surface area contributed by atoms with Gasteiger partial charge in [0.25, 0.3) is 0 Å². The Bertz CT molecular complexity index is 413. The molecule has 0 saturated carbocycles. The molecular formula is C16H27FN4. The van der Waals surface area contributed by atoms with Gasteiger partial charge >= 0.3 is 0 Å². The standard InChI is InChI=1S/C16H27FN4/c1-4-21(5-2)13-12-20-16(18-3)19-11-10-14-6-8-15(17)9-7-14/h6-9H,4-5,10-13H2,1-3H3,(H2,18,19,20). The smallest absolute Gasteiger partial charge is 0.191 e. The highest BCUT2D eigenvalue weighted by Gasteiger charge is 2.01. The molecule has 0 aliphatic heterocycles. The summed E-state index contributed by atoms with van der Waals surface area (Å²) >= 11 is 0. The number of hydrogen-bond donors (Lipinski definition) is 2.